The van der Waals surface area contributed by atoms with E-state index in [1.807, 2.05) is 18.2 Å². The Labute approximate surface area is 126 Å². The third-order valence-electron chi connectivity index (χ3n) is 3.94. The van der Waals surface area contributed by atoms with Gasteiger partial charge in [-0.2, -0.15) is 0 Å². The zero-order chi connectivity index (χ0) is 15.2. The molecule has 0 aliphatic carbocycles. The molecule has 2 unspecified atom stereocenters. The number of hydrogen-bond donors (Lipinski definition) is 2. The number of ether oxygens (including phenoxy) is 2. The normalized spacial score (nSPS) is 21.1. The molecule has 2 N–H and O–H groups in total. The number of methoxy groups -OCH3 is 2. The van der Waals surface area contributed by atoms with Gasteiger partial charge < -0.3 is 20.1 Å². The van der Waals surface area contributed by atoms with E-state index in [-0.39, 0.29) is 17.7 Å². The molecule has 2 rings (SSSR count). The van der Waals surface area contributed by atoms with Crippen LogP contribution in [0, 0.1) is 5.92 Å². The van der Waals surface area contributed by atoms with Crippen LogP contribution in [0.1, 0.15) is 24.8 Å². The van der Waals surface area contributed by atoms with Gasteiger partial charge in [-0.1, -0.05) is 13.0 Å². The van der Waals surface area contributed by atoms with Crippen molar-refractivity contribution in [2.45, 2.75) is 19.3 Å². The lowest BCUT2D eigenvalue weighted by Crippen LogP contribution is -2.34. The fourth-order valence-electron chi connectivity index (χ4n) is 2.79. The Balaban J connectivity index is 2.21. The molecule has 2 atom stereocenters. The maximum atomic E-state index is 12.3. The fourth-order valence-corrected chi connectivity index (χ4v) is 2.79. The molecule has 0 aromatic heterocycles. The Morgan fingerprint density at radius 2 is 2.14 bits per heavy atom. The highest BCUT2D eigenvalue weighted by atomic mass is 16.5. The van der Waals surface area contributed by atoms with Crippen LogP contribution in [0.15, 0.2) is 18.2 Å². The van der Waals surface area contributed by atoms with Crippen LogP contribution >= 0.6 is 0 Å². The first-order valence-corrected chi connectivity index (χ1v) is 7.41. The second kappa shape index (κ2) is 7.31. The standard InChI is InChI=1S/C16H24N2O3/c1-4-7-18-16(19)14-10-17-9-13(14)12-6-5-11(20-2)8-15(12)21-3/h5-6,8,13-14,17H,4,7,9-10H2,1-3H3,(H,18,19). The quantitative estimate of drug-likeness (QED) is 0.835. The summed E-state index contributed by atoms with van der Waals surface area (Å²) in [4.78, 5) is 12.3. The zero-order valence-electron chi connectivity index (χ0n) is 12.9. The van der Waals surface area contributed by atoms with Crippen molar-refractivity contribution in [1.29, 1.82) is 0 Å². The van der Waals surface area contributed by atoms with Crippen LogP contribution in [0.5, 0.6) is 11.5 Å². The fraction of sp³-hybridized carbons (Fsp3) is 0.562. The van der Waals surface area contributed by atoms with Crippen LogP contribution in [-0.4, -0.2) is 39.8 Å². The van der Waals surface area contributed by atoms with E-state index >= 15 is 0 Å². The van der Waals surface area contributed by atoms with Gasteiger partial charge in [0.1, 0.15) is 11.5 Å². The van der Waals surface area contributed by atoms with Crippen LogP contribution in [-0.2, 0) is 4.79 Å². The molecule has 5 nitrogen and oxygen atoms in total. The van der Waals surface area contributed by atoms with Gasteiger partial charge in [-0.3, -0.25) is 4.79 Å². The van der Waals surface area contributed by atoms with E-state index in [0.29, 0.717) is 6.54 Å². The molecule has 116 valence electrons. The van der Waals surface area contributed by atoms with Crippen molar-refractivity contribution in [2.24, 2.45) is 5.92 Å². The monoisotopic (exact) mass is 292 g/mol. The third kappa shape index (κ3) is 3.47. The first kappa shape index (κ1) is 15.6. The summed E-state index contributed by atoms with van der Waals surface area (Å²) >= 11 is 0. The smallest absolute Gasteiger partial charge is 0.225 e. The topological polar surface area (TPSA) is 59.6 Å². The molecule has 1 aliphatic heterocycles. The first-order chi connectivity index (χ1) is 10.2. The summed E-state index contributed by atoms with van der Waals surface area (Å²) in [5.41, 5.74) is 1.06. The SMILES string of the molecule is CCCNC(=O)C1CNCC1c1ccc(OC)cc1OC. The minimum absolute atomic E-state index is 0.0566. The highest BCUT2D eigenvalue weighted by Gasteiger charge is 2.35. The summed E-state index contributed by atoms with van der Waals surface area (Å²) in [7, 11) is 3.28. The molecule has 5 heteroatoms. The van der Waals surface area contributed by atoms with Crippen molar-refractivity contribution in [3.8, 4) is 11.5 Å². The maximum Gasteiger partial charge on any atom is 0.225 e. The van der Waals surface area contributed by atoms with Crippen molar-refractivity contribution in [2.75, 3.05) is 33.9 Å². The van der Waals surface area contributed by atoms with Gasteiger partial charge in [0.25, 0.3) is 0 Å². The van der Waals surface area contributed by atoms with Crippen molar-refractivity contribution in [1.82, 2.24) is 10.6 Å². The lowest BCUT2D eigenvalue weighted by atomic mass is 9.87. The Morgan fingerprint density at radius 3 is 2.81 bits per heavy atom. The van der Waals surface area contributed by atoms with E-state index in [1.54, 1.807) is 14.2 Å². The molecule has 21 heavy (non-hydrogen) atoms. The van der Waals surface area contributed by atoms with Gasteiger partial charge in [0.15, 0.2) is 0 Å². The molecule has 1 saturated heterocycles. The molecule has 1 aromatic carbocycles. The number of carbonyl (C=O) groups excluding carboxylic acids is 1. The van der Waals surface area contributed by atoms with Crippen molar-refractivity contribution >= 4 is 5.91 Å². The third-order valence-corrected chi connectivity index (χ3v) is 3.94. The van der Waals surface area contributed by atoms with Crippen LogP contribution < -0.4 is 20.1 Å². The van der Waals surface area contributed by atoms with E-state index in [9.17, 15) is 4.79 Å². The van der Waals surface area contributed by atoms with Crippen molar-refractivity contribution in [3.63, 3.8) is 0 Å². The molecule has 0 saturated carbocycles. The molecule has 1 amide bonds. The van der Waals surface area contributed by atoms with Crippen LogP contribution in [0.25, 0.3) is 0 Å². The predicted molar refractivity (Wildman–Crippen MR) is 81.9 cm³/mol. The lowest BCUT2D eigenvalue weighted by molar-refractivity contribution is -0.124. The van der Waals surface area contributed by atoms with E-state index < -0.39 is 0 Å². The molecule has 0 spiro atoms. The van der Waals surface area contributed by atoms with Gasteiger partial charge in [-0.25, -0.2) is 0 Å². The Kier molecular flexibility index (Phi) is 5.44. The molecule has 1 fully saturated rings. The molecule has 0 bridgehead atoms. The molecule has 1 heterocycles. The first-order valence-electron chi connectivity index (χ1n) is 7.41. The summed E-state index contributed by atoms with van der Waals surface area (Å²) in [5, 5.41) is 6.30. The van der Waals surface area contributed by atoms with Gasteiger partial charge in [0, 0.05) is 31.6 Å². The second-order valence-corrected chi connectivity index (χ2v) is 5.27. The minimum atomic E-state index is -0.0566. The molecule has 0 radical (unpaired) electrons. The van der Waals surface area contributed by atoms with Gasteiger partial charge in [0.05, 0.1) is 20.1 Å². The molecular formula is C16H24N2O3. The van der Waals surface area contributed by atoms with Gasteiger partial charge in [0.2, 0.25) is 5.91 Å². The summed E-state index contributed by atoms with van der Waals surface area (Å²) in [6.07, 6.45) is 0.947. The van der Waals surface area contributed by atoms with Crippen molar-refractivity contribution in [3.05, 3.63) is 23.8 Å². The second-order valence-electron chi connectivity index (χ2n) is 5.27. The Morgan fingerprint density at radius 1 is 1.33 bits per heavy atom. The summed E-state index contributed by atoms with van der Waals surface area (Å²) < 4.78 is 10.7. The number of amides is 1. The summed E-state index contributed by atoms with van der Waals surface area (Å²) in [6.45, 7) is 4.27. The van der Waals surface area contributed by atoms with E-state index in [2.05, 4.69) is 17.6 Å². The Bertz CT molecular complexity index is 490. The largest absolute Gasteiger partial charge is 0.497 e. The molecular weight excluding hydrogens is 268 g/mol. The van der Waals surface area contributed by atoms with Gasteiger partial charge in [-0.05, 0) is 18.1 Å². The highest BCUT2D eigenvalue weighted by Crippen LogP contribution is 2.36. The zero-order valence-corrected chi connectivity index (χ0v) is 12.9. The highest BCUT2D eigenvalue weighted by molar-refractivity contribution is 5.80. The summed E-state index contributed by atoms with van der Waals surface area (Å²) in [6, 6.07) is 5.78. The van der Waals surface area contributed by atoms with Crippen LogP contribution in [0.4, 0.5) is 0 Å². The lowest BCUT2D eigenvalue weighted by Gasteiger charge is -2.21. The number of rotatable bonds is 6. The van der Waals surface area contributed by atoms with E-state index in [0.717, 1.165) is 36.6 Å². The van der Waals surface area contributed by atoms with Gasteiger partial charge in [-0.15, -0.1) is 0 Å². The predicted octanol–water partition coefficient (Wildman–Crippen LogP) is 1.53. The Hall–Kier alpha value is -1.75. The van der Waals surface area contributed by atoms with E-state index in [4.69, 9.17) is 9.47 Å². The van der Waals surface area contributed by atoms with E-state index in [1.165, 1.54) is 0 Å². The molecule has 1 aliphatic rings. The minimum Gasteiger partial charge on any atom is -0.497 e. The number of nitrogens with one attached hydrogen (secondary N) is 2. The van der Waals surface area contributed by atoms with Crippen molar-refractivity contribution < 1.29 is 14.3 Å². The van der Waals surface area contributed by atoms with Crippen LogP contribution in [0.2, 0.25) is 0 Å². The average molecular weight is 292 g/mol. The maximum absolute atomic E-state index is 12.3. The van der Waals surface area contributed by atoms with Crippen LogP contribution in [0.3, 0.4) is 0 Å². The average Bonchev–Trinajstić information content (AvgIpc) is 3.01. The number of hydrogen-bond acceptors (Lipinski definition) is 4. The number of carbonyl (C=O) groups is 1. The number of benzene rings is 1. The molecule has 1 aromatic rings. The van der Waals surface area contributed by atoms with Gasteiger partial charge >= 0.3 is 0 Å². The summed E-state index contributed by atoms with van der Waals surface area (Å²) in [5.74, 6) is 1.72.